The van der Waals surface area contributed by atoms with E-state index >= 15 is 0 Å². The van der Waals surface area contributed by atoms with Crippen LogP contribution in [0.1, 0.15) is 34.1 Å². The molecular formula is C10H18O2. The van der Waals surface area contributed by atoms with E-state index in [0.717, 1.165) is 6.42 Å². The standard InChI is InChI=1S/C10H18O2/c1-5-12-9(11)7-6-8(7)10(2,3)4/h7-8H,5-6H2,1-4H3. The molecule has 0 aromatic rings. The van der Waals surface area contributed by atoms with E-state index in [1.807, 2.05) is 6.92 Å². The van der Waals surface area contributed by atoms with Crippen molar-refractivity contribution in [3.05, 3.63) is 0 Å². The fourth-order valence-electron chi connectivity index (χ4n) is 1.66. The summed E-state index contributed by atoms with van der Waals surface area (Å²) in [6.45, 7) is 8.89. The van der Waals surface area contributed by atoms with Gasteiger partial charge in [-0.05, 0) is 24.7 Å². The van der Waals surface area contributed by atoms with E-state index in [-0.39, 0.29) is 17.3 Å². The molecule has 12 heavy (non-hydrogen) atoms. The lowest BCUT2D eigenvalue weighted by atomic mass is 9.89. The maximum atomic E-state index is 11.2. The van der Waals surface area contributed by atoms with Crippen LogP contribution in [0, 0.1) is 17.3 Å². The first-order chi connectivity index (χ1) is 5.46. The Bertz CT molecular complexity index is 179. The summed E-state index contributed by atoms with van der Waals surface area (Å²) in [4.78, 5) is 11.2. The van der Waals surface area contributed by atoms with Crippen LogP contribution in [0.15, 0.2) is 0 Å². The molecule has 0 amide bonds. The minimum Gasteiger partial charge on any atom is -0.466 e. The molecule has 0 saturated heterocycles. The molecule has 0 aliphatic heterocycles. The molecule has 1 saturated carbocycles. The minimum atomic E-state index is -0.00238. The van der Waals surface area contributed by atoms with Gasteiger partial charge in [0.05, 0.1) is 12.5 Å². The molecule has 2 atom stereocenters. The number of ether oxygens (including phenoxy) is 1. The van der Waals surface area contributed by atoms with Gasteiger partial charge >= 0.3 is 5.97 Å². The molecular weight excluding hydrogens is 152 g/mol. The third-order valence-electron chi connectivity index (χ3n) is 2.49. The first kappa shape index (κ1) is 9.56. The number of hydrogen-bond donors (Lipinski definition) is 0. The second-order valence-corrected chi connectivity index (χ2v) is 4.57. The second kappa shape index (κ2) is 3.08. The average molecular weight is 170 g/mol. The highest BCUT2D eigenvalue weighted by Crippen LogP contribution is 2.51. The zero-order valence-electron chi connectivity index (χ0n) is 8.39. The lowest BCUT2D eigenvalue weighted by Gasteiger charge is -2.17. The SMILES string of the molecule is CCOC(=O)C1CC1C(C)(C)C. The highest BCUT2D eigenvalue weighted by molar-refractivity contribution is 5.75. The van der Waals surface area contributed by atoms with E-state index in [4.69, 9.17) is 4.74 Å². The fraction of sp³-hybridized carbons (Fsp3) is 0.900. The van der Waals surface area contributed by atoms with Crippen molar-refractivity contribution in [1.29, 1.82) is 0 Å². The van der Waals surface area contributed by atoms with E-state index in [2.05, 4.69) is 20.8 Å². The van der Waals surface area contributed by atoms with Gasteiger partial charge in [0.15, 0.2) is 0 Å². The Kier molecular flexibility index (Phi) is 2.45. The van der Waals surface area contributed by atoms with Crippen LogP contribution in [0.4, 0.5) is 0 Å². The van der Waals surface area contributed by atoms with E-state index in [0.29, 0.717) is 12.5 Å². The maximum Gasteiger partial charge on any atom is 0.309 e. The summed E-state index contributed by atoms with van der Waals surface area (Å²) < 4.78 is 4.95. The number of hydrogen-bond acceptors (Lipinski definition) is 2. The Hall–Kier alpha value is -0.530. The maximum absolute atomic E-state index is 11.2. The summed E-state index contributed by atoms with van der Waals surface area (Å²) in [5, 5.41) is 0. The Morgan fingerprint density at radius 2 is 2.08 bits per heavy atom. The molecule has 0 N–H and O–H groups in total. The Balaban J connectivity index is 2.37. The molecule has 0 heterocycles. The van der Waals surface area contributed by atoms with E-state index in [1.54, 1.807) is 0 Å². The predicted octanol–water partition coefficient (Wildman–Crippen LogP) is 2.23. The molecule has 1 aliphatic carbocycles. The van der Waals surface area contributed by atoms with Gasteiger partial charge in [-0.2, -0.15) is 0 Å². The molecule has 2 nitrogen and oxygen atoms in total. The summed E-state index contributed by atoms with van der Waals surface area (Å²) in [6.07, 6.45) is 1.02. The molecule has 0 radical (unpaired) electrons. The molecule has 2 unspecified atom stereocenters. The quantitative estimate of drug-likeness (QED) is 0.594. The molecule has 1 fully saturated rings. The molecule has 0 bridgehead atoms. The molecule has 0 aromatic carbocycles. The molecule has 2 heteroatoms. The zero-order chi connectivity index (χ0) is 9.35. The Morgan fingerprint density at radius 3 is 2.42 bits per heavy atom. The zero-order valence-corrected chi connectivity index (χ0v) is 8.39. The van der Waals surface area contributed by atoms with Gasteiger partial charge in [0.2, 0.25) is 0 Å². The average Bonchev–Trinajstić information content (AvgIpc) is 2.62. The van der Waals surface area contributed by atoms with Crippen molar-refractivity contribution in [3.63, 3.8) is 0 Å². The summed E-state index contributed by atoms with van der Waals surface area (Å²) >= 11 is 0. The number of carbonyl (C=O) groups is 1. The van der Waals surface area contributed by atoms with Crippen LogP contribution in [0.3, 0.4) is 0 Å². The summed E-state index contributed by atoms with van der Waals surface area (Å²) in [7, 11) is 0. The van der Waals surface area contributed by atoms with Gasteiger partial charge in [-0.1, -0.05) is 20.8 Å². The van der Waals surface area contributed by atoms with Gasteiger partial charge < -0.3 is 4.74 Å². The van der Waals surface area contributed by atoms with Crippen LogP contribution in [0.25, 0.3) is 0 Å². The van der Waals surface area contributed by atoms with Gasteiger partial charge in [-0.25, -0.2) is 0 Å². The van der Waals surface area contributed by atoms with Crippen molar-refractivity contribution in [2.24, 2.45) is 17.3 Å². The third kappa shape index (κ3) is 1.99. The molecule has 70 valence electrons. The first-order valence-electron chi connectivity index (χ1n) is 4.63. The van der Waals surface area contributed by atoms with Crippen LogP contribution in [-0.4, -0.2) is 12.6 Å². The van der Waals surface area contributed by atoms with Crippen molar-refractivity contribution < 1.29 is 9.53 Å². The molecule has 0 spiro atoms. The van der Waals surface area contributed by atoms with Crippen molar-refractivity contribution >= 4 is 5.97 Å². The van der Waals surface area contributed by atoms with Crippen molar-refractivity contribution in [3.8, 4) is 0 Å². The molecule has 0 aromatic heterocycles. The van der Waals surface area contributed by atoms with Crippen molar-refractivity contribution in [1.82, 2.24) is 0 Å². The predicted molar refractivity (Wildman–Crippen MR) is 47.7 cm³/mol. The second-order valence-electron chi connectivity index (χ2n) is 4.57. The number of carbonyl (C=O) groups excluding carboxylic acids is 1. The smallest absolute Gasteiger partial charge is 0.309 e. The molecule has 1 aliphatic rings. The number of rotatable bonds is 2. The van der Waals surface area contributed by atoms with Crippen LogP contribution in [0.2, 0.25) is 0 Å². The van der Waals surface area contributed by atoms with Crippen molar-refractivity contribution in [2.75, 3.05) is 6.61 Å². The van der Waals surface area contributed by atoms with Crippen LogP contribution in [0.5, 0.6) is 0 Å². The van der Waals surface area contributed by atoms with Gasteiger partial charge in [-0.15, -0.1) is 0 Å². The van der Waals surface area contributed by atoms with Crippen molar-refractivity contribution in [2.45, 2.75) is 34.1 Å². The van der Waals surface area contributed by atoms with E-state index in [1.165, 1.54) is 0 Å². The topological polar surface area (TPSA) is 26.3 Å². The van der Waals surface area contributed by atoms with Gasteiger partial charge in [0.25, 0.3) is 0 Å². The Morgan fingerprint density at radius 1 is 1.50 bits per heavy atom. The lowest BCUT2D eigenvalue weighted by Crippen LogP contribution is -2.15. The monoisotopic (exact) mass is 170 g/mol. The summed E-state index contributed by atoms with van der Waals surface area (Å²) in [5.74, 6) is 0.721. The first-order valence-corrected chi connectivity index (χ1v) is 4.63. The minimum absolute atomic E-state index is 0.00238. The van der Waals surface area contributed by atoms with Crippen LogP contribution >= 0.6 is 0 Å². The van der Waals surface area contributed by atoms with Crippen LogP contribution in [-0.2, 0) is 9.53 Å². The Labute approximate surface area is 74.3 Å². The van der Waals surface area contributed by atoms with Gasteiger partial charge in [0.1, 0.15) is 0 Å². The van der Waals surface area contributed by atoms with Gasteiger partial charge in [-0.3, -0.25) is 4.79 Å². The number of esters is 1. The molecule has 1 rings (SSSR count). The largest absolute Gasteiger partial charge is 0.466 e. The lowest BCUT2D eigenvalue weighted by molar-refractivity contribution is -0.145. The summed E-state index contributed by atoms with van der Waals surface area (Å²) in [6, 6.07) is 0. The summed E-state index contributed by atoms with van der Waals surface area (Å²) in [5.41, 5.74) is 0.261. The van der Waals surface area contributed by atoms with E-state index < -0.39 is 0 Å². The highest BCUT2D eigenvalue weighted by atomic mass is 16.5. The van der Waals surface area contributed by atoms with Gasteiger partial charge in [0, 0.05) is 0 Å². The third-order valence-corrected chi connectivity index (χ3v) is 2.49. The van der Waals surface area contributed by atoms with Crippen LogP contribution < -0.4 is 0 Å². The highest BCUT2D eigenvalue weighted by Gasteiger charge is 2.50. The normalized spacial score (nSPS) is 28.3. The van der Waals surface area contributed by atoms with E-state index in [9.17, 15) is 4.79 Å². The fourth-order valence-corrected chi connectivity index (χ4v) is 1.66.